The van der Waals surface area contributed by atoms with Crippen LogP contribution in [0.4, 0.5) is 0 Å². The molecule has 4 saturated carbocycles. The second kappa shape index (κ2) is 9.94. The van der Waals surface area contributed by atoms with Crippen molar-refractivity contribution in [2.24, 2.45) is 52.1 Å². The first-order valence-electron chi connectivity index (χ1n) is 14.3. The van der Waals surface area contributed by atoms with E-state index in [-0.39, 0.29) is 16.8 Å². The molecule has 0 radical (unpaired) electrons. The quantitative estimate of drug-likeness (QED) is 0.385. The van der Waals surface area contributed by atoms with Crippen LogP contribution >= 0.6 is 11.8 Å². The lowest BCUT2D eigenvalue weighted by molar-refractivity contribution is -0.216. The van der Waals surface area contributed by atoms with Gasteiger partial charge in [-0.2, -0.15) is 11.8 Å². The fourth-order valence-electron chi connectivity index (χ4n) is 9.67. The fraction of sp³-hybridized carbons (Fsp3) is 1.00. The second-order valence-corrected chi connectivity index (χ2v) is 14.8. The Morgan fingerprint density at radius 1 is 1.00 bits per heavy atom. The molecule has 33 heavy (non-hydrogen) atoms. The first-order chi connectivity index (χ1) is 15.6. The van der Waals surface area contributed by atoms with E-state index >= 15 is 0 Å². The standard InChI is InChI=1S/C29H53NO2S/c1-19(2)7-6-8-20(3)23-9-10-24-22-17-26(33-16-15-30)29(32)18-21(31)11-14-28(29,5)25(22)12-13-27(23,24)4/h19-26,31-32H,6-18,30H2,1-5H3/t20-,21+,22+,23-,24+,25+,26?,27-,28-,29?/m1/s1. The lowest BCUT2D eigenvalue weighted by atomic mass is 9.43. The molecule has 4 aliphatic rings. The van der Waals surface area contributed by atoms with Gasteiger partial charge in [-0.3, -0.25) is 0 Å². The van der Waals surface area contributed by atoms with Gasteiger partial charge in [-0.15, -0.1) is 0 Å². The molecule has 4 heteroatoms. The molecule has 3 nitrogen and oxygen atoms in total. The average Bonchev–Trinajstić information content (AvgIpc) is 3.10. The van der Waals surface area contributed by atoms with Crippen molar-refractivity contribution >= 4 is 11.8 Å². The Labute approximate surface area is 208 Å². The normalized spacial score (nSPS) is 48.3. The van der Waals surface area contributed by atoms with Gasteiger partial charge in [0, 0.05) is 29.4 Å². The summed E-state index contributed by atoms with van der Waals surface area (Å²) in [6, 6.07) is 0. The van der Waals surface area contributed by atoms with Crippen LogP contribution in [0.1, 0.15) is 105 Å². The zero-order valence-corrected chi connectivity index (χ0v) is 23.0. The molecule has 0 aromatic heterocycles. The van der Waals surface area contributed by atoms with Crippen LogP contribution in [0, 0.1) is 46.3 Å². The van der Waals surface area contributed by atoms with E-state index in [1.54, 1.807) is 0 Å². The highest BCUT2D eigenvalue weighted by Gasteiger charge is 2.67. The van der Waals surface area contributed by atoms with Crippen molar-refractivity contribution < 1.29 is 10.2 Å². The molecular weight excluding hydrogens is 426 g/mol. The lowest BCUT2D eigenvalue weighted by Gasteiger charge is -2.66. The minimum atomic E-state index is -0.748. The predicted octanol–water partition coefficient (Wildman–Crippen LogP) is 6.25. The van der Waals surface area contributed by atoms with Crippen LogP contribution in [-0.2, 0) is 0 Å². The van der Waals surface area contributed by atoms with Crippen molar-refractivity contribution in [1.29, 1.82) is 0 Å². The molecule has 2 unspecified atom stereocenters. The summed E-state index contributed by atoms with van der Waals surface area (Å²) in [4.78, 5) is 0. The maximum absolute atomic E-state index is 12.2. The van der Waals surface area contributed by atoms with Gasteiger partial charge >= 0.3 is 0 Å². The number of aliphatic hydroxyl groups is 2. The summed E-state index contributed by atoms with van der Waals surface area (Å²) in [6.07, 6.45) is 12.7. The molecule has 4 N–H and O–H groups in total. The van der Waals surface area contributed by atoms with E-state index < -0.39 is 5.60 Å². The summed E-state index contributed by atoms with van der Waals surface area (Å²) < 4.78 is 0. The third kappa shape index (κ3) is 4.46. The Morgan fingerprint density at radius 2 is 1.76 bits per heavy atom. The smallest absolute Gasteiger partial charge is 0.0846 e. The molecule has 0 aliphatic heterocycles. The molecule has 192 valence electrons. The van der Waals surface area contributed by atoms with Crippen LogP contribution in [0.5, 0.6) is 0 Å². The van der Waals surface area contributed by atoms with Gasteiger partial charge in [-0.05, 0) is 85.9 Å². The van der Waals surface area contributed by atoms with E-state index in [1.807, 2.05) is 11.8 Å². The first-order valence-corrected chi connectivity index (χ1v) is 15.3. The highest BCUT2D eigenvalue weighted by atomic mass is 32.2. The minimum absolute atomic E-state index is 0.0658. The highest BCUT2D eigenvalue weighted by Crippen LogP contribution is 2.70. The summed E-state index contributed by atoms with van der Waals surface area (Å²) in [5.41, 5.74) is 5.57. The Kier molecular flexibility index (Phi) is 7.92. The van der Waals surface area contributed by atoms with Gasteiger partial charge in [0.1, 0.15) is 0 Å². The zero-order valence-electron chi connectivity index (χ0n) is 22.2. The molecule has 0 spiro atoms. The van der Waals surface area contributed by atoms with Gasteiger partial charge in [0.05, 0.1) is 11.7 Å². The van der Waals surface area contributed by atoms with E-state index in [0.29, 0.717) is 24.3 Å². The van der Waals surface area contributed by atoms with Crippen LogP contribution in [0.15, 0.2) is 0 Å². The number of rotatable bonds is 8. The molecule has 0 heterocycles. The minimum Gasteiger partial charge on any atom is -0.393 e. The molecule has 4 aliphatic carbocycles. The van der Waals surface area contributed by atoms with Crippen molar-refractivity contribution in [3.63, 3.8) is 0 Å². The molecule has 4 fully saturated rings. The molecule has 0 amide bonds. The summed E-state index contributed by atoms with van der Waals surface area (Å²) in [5, 5.41) is 23.0. The van der Waals surface area contributed by atoms with Gasteiger partial charge < -0.3 is 15.9 Å². The Balaban J connectivity index is 1.56. The molecule has 4 rings (SSSR count). The molecule has 0 aromatic rings. The second-order valence-electron chi connectivity index (χ2n) is 13.5. The zero-order chi connectivity index (χ0) is 24.0. The third-order valence-electron chi connectivity index (χ3n) is 11.4. The molecule has 0 saturated heterocycles. The van der Waals surface area contributed by atoms with Crippen molar-refractivity contribution in [3.05, 3.63) is 0 Å². The summed E-state index contributed by atoms with van der Waals surface area (Å²) in [6.45, 7) is 13.0. The lowest BCUT2D eigenvalue weighted by Crippen LogP contribution is -2.68. The van der Waals surface area contributed by atoms with Crippen LogP contribution in [-0.4, -0.2) is 39.5 Å². The van der Waals surface area contributed by atoms with Crippen molar-refractivity contribution in [3.8, 4) is 0 Å². The van der Waals surface area contributed by atoms with E-state index in [0.717, 1.165) is 54.6 Å². The number of thioether (sulfide) groups is 1. The van der Waals surface area contributed by atoms with Gasteiger partial charge in [0.25, 0.3) is 0 Å². The molecule has 10 atom stereocenters. The van der Waals surface area contributed by atoms with E-state index in [1.165, 1.54) is 44.9 Å². The summed E-state index contributed by atoms with van der Waals surface area (Å²) >= 11 is 1.91. The van der Waals surface area contributed by atoms with Crippen molar-refractivity contribution in [2.75, 3.05) is 12.3 Å². The Morgan fingerprint density at radius 3 is 2.45 bits per heavy atom. The molecular formula is C29H53NO2S. The van der Waals surface area contributed by atoms with Gasteiger partial charge in [-0.1, -0.05) is 53.9 Å². The van der Waals surface area contributed by atoms with E-state index in [9.17, 15) is 10.2 Å². The van der Waals surface area contributed by atoms with Crippen LogP contribution < -0.4 is 5.73 Å². The number of nitrogens with two attached hydrogens (primary N) is 1. The SMILES string of the molecule is CC(C)CCC[C@@H](C)[C@H]1CC[C@H]2[C@@H]3CC(SCCN)C4(O)C[C@@H](O)CC[C@]4(C)[C@H]3CC[C@]12C. The number of aliphatic hydroxyl groups excluding tert-OH is 1. The Bertz CT molecular complexity index is 672. The van der Waals surface area contributed by atoms with Crippen LogP contribution in [0.25, 0.3) is 0 Å². The third-order valence-corrected chi connectivity index (χ3v) is 12.9. The van der Waals surface area contributed by atoms with Gasteiger partial charge in [0.2, 0.25) is 0 Å². The number of hydrogen-bond acceptors (Lipinski definition) is 4. The van der Waals surface area contributed by atoms with Gasteiger partial charge in [-0.25, -0.2) is 0 Å². The largest absolute Gasteiger partial charge is 0.393 e. The van der Waals surface area contributed by atoms with E-state index in [2.05, 4.69) is 34.6 Å². The van der Waals surface area contributed by atoms with Gasteiger partial charge in [0.15, 0.2) is 0 Å². The van der Waals surface area contributed by atoms with Crippen molar-refractivity contribution in [2.45, 2.75) is 122 Å². The number of fused-ring (bicyclic) bond motifs is 5. The number of hydrogen-bond donors (Lipinski definition) is 3. The predicted molar refractivity (Wildman–Crippen MR) is 141 cm³/mol. The molecule has 0 bridgehead atoms. The van der Waals surface area contributed by atoms with Crippen LogP contribution in [0.2, 0.25) is 0 Å². The highest BCUT2D eigenvalue weighted by molar-refractivity contribution is 8.00. The monoisotopic (exact) mass is 479 g/mol. The van der Waals surface area contributed by atoms with Crippen LogP contribution in [0.3, 0.4) is 0 Å². The summed E-state index contributed by atoms with van der Waals surface area (Å²) in [5.74, 6) is 5.58. The topological polar surface area (TPSA) is 66.5 Å². The first kappa shape index (κ1) is 26.3. The molecule has 0 aromatic carbocycles. The average molecular weight is 480 g/mol. The fourth-order valence-corrected chi connectivity index (χ4v) is 11.1. The van der Waals surface area contributed by atoms with E-state index in [4.69, 9.17) is 5.73 Å². The Hall–Kier alpha value is 0.230. The maximum atomic E-state index is 12.2. The van der Waals surface area contributed by atoms with Crippen molar-refractivity contribution in [1.82, 2.24) is 0 Å². The maximum Gasteiger partial charge on any atom is 0.0846 e. The summed E-state index contributed by atoms with van der Waals surface area (Å²) in [7, 11) is 0.